The van der Waals surface area contributed by atoms with Gasteiger partial charge in [0.1, 0.15) is 12.0 Å². The molecule has 1 amide bonds. The summed E-state index contributed by atoms with van der Waals surface area (Å²) in [6.45, 7) is 1.75. The van der Waals surface area contributed by atoms with Gasteiger partial charge in [-0.3, -0.25) is 10.1 Å². The summed E-state index contributed by atoms with van der Waals surface area (Å²) < 4.78 is 5.78. The first-order valence-corrected chi connectivity index (χ1v) is 6.85. The van der Waals surface area contributed by atoms with Crippen molar-refractivity contribution < 1.29 is 19.1 Å². The Kier molecular flexibility index (Phi) is 3.19. The maximum absolute atomic E-state index is 12.0. The Bertz CT molecular complexity index is 850. The van der Waals surface area contributed by atoms with Gasteiger partial charge in [-0.2, -0.15) is 0 Å². The quantitative estimate of drug-likeness (QED) is 0.775. The zero-order valence-electron chi connectivity index (χ0n) is 10.9. The number of hydrogen-bond donors (Lipinski definition) is 2. The van der Waals surface area contributed by atoms with Crippen molar-refractivity contribution in [3.05, 3.63) is 47.4 Å². The SMILES string of the molecule is Cc1cc(C(=O)Nc2nc3ccc(C(=O)O)cc3s2)co1. The van der Waals surface area contributed by atoms with Crippen LogP contribution in [0.2, 0.25) is 0 Å². The third kappa shape index (κ3) is 2.63. The molecule has 21 heavy (non-hydrogen) atoms. The van der Waals surface area contributed by atoms with Crippen molar-refractivity contribution >= 4 is 38.6 Å². The Labute approximate surface area is 123 Å². The van der Waals surface area contributed by atoms with E-state index >= 15 is 0 Å². The second-order valence-corrected chi connectivity index (χ2v) is 5.44. The molecular weight excluding hydrogens is 292 g/mol. The van der Waals surface area contributed by atoms with Crippen LogP contribution in [0.25, 0.3) is 10.2 Å². The fourth-order valence-electron chi connectivity index (χ4n) is 1.84. The van der Waals surface area contributed by atoms with Gasteiger partial charge in [-0.1, -0.05) is 11.3 Å². The smallest absolute Gasteiger partial charge is 0.335 e. The van der Waals surface area contributed by atoms with E-state index in [1.165, 1.54) is 29.7 Å². The highest BCUT2D eigenvalue weighted by Crippen LogP contribution is 2.27. The second-order valence-electron chi connectivity index (χ2n) is 4.41. The number of carbonyl (C=O) groups excluding carboxylic acids is 1. The second kappa shape index (κ2) is 5.02. The number of carbonyl (C=O) groups is 2. The molecule has 0 radical (unpaired) electrons. The normalized spacial score (nSPS) is 10.7. The molecule has 6 nitrogen and oxygen atoms in total. The van der Waals surface area contributed by atoms with Crippen LogP contribution in [-0.2, 0) is 0 Å². The Morgan fingerprint density at radius 3 is 2.76 bits per heavy atom. The van der Waals surface area contributed by atoms with E-state index in [4.69, 9.17) is 9.52 Å². The van der Waals surface area contributed by atoms with Gasteiger partial charge in [-0.15, -0.1) is 0 Å². The zero-order chi connectivity index (χ0) is 15.0. The minimum atomic E-state index is -0.996. The molecule has 0 aliphatic rings. The Balaban J connectivity index is 1.87. The number of nitrogens with zero attached hydrogens (tertiary/aromatic N) is 1. The van der Waals surface area contributed by atoms with E-state index in [-0.39, 0.29) is 11.5 Å². The number of anilines is 1. The van der Waals surface area contributed by atoms with Crippen LogP contribution in [-0.4, -0.2) is 22.0 Å². The number of hydrogen-bond acceptors (Lipinski definition) is 5. The maximum atomic E-state index is 12.0. The maximum Gasteiger partial charge on any atom is 0.335 e. The molecule has 3 rings (SSSR count). The Hall–Kier alpha value is -2.67. The van der Waals surface area contributed by atoms with Gasteiger partial charge >= 0.3 is 5.97 Å². The molecule has 0 bridgehead atoms. The summed E-state index contributed by atoms with van der Waals surface area (Å²) in [4.78, 5) is 27.1. The monoisotopic (exact) mass is 302 g/mol. The van der Waals surface area contributed by atoms with E-state index in [0.717, 1.165) is 0 Å². The van der Waals surface area contributed by atoms with E-state index in [2.05, 4.69) is 10.3 Å². The number of aromatic nitrogens is 1. The van der Waals surface area contributed by atoms with Crippen molar-refractivity contribution in [1.82, 2.24) is 4.98 Å². The van der Waals surface area contributed by atoms with E-state index in [0.29, 0.717) is 26.7 Å². The number of aryl methyl sites for hydroxylation is 1. The molecule has 0 aliphatic heterocycles. The number of carboxylic acid groups (broad SMARTS) is 1. The predicted octanol–water partition coefficient (Wildman–Crippen LogP) is 3.15. The van der Waals surface area contributed by atoms with Crippen molar-refractivity contribution in [2.24, 2.45) is 0 Å². The Morgan fingerprint density at radius 2 is 2.10 bits per heavy atom. The molecule has 7 heteroatoms. The lowest BCUT2D eigenvalue weighted by molar-refractivity contribution is 0.0697. The van der Waals surface area contributed by atoms with Crippen LogP contribution < -0.4 is 5.32 Å². The predicted molar refractivity (Wildman–Crippen MR) is 78.0 cm³/mol. The van der Waals surface area contributed by atoms with Gasteiger partial charge in [0.2, 0.25) is 0 Å². The standard InChI is InChI=1S/C14H10N2O4S/c1-7-4-9(6-20-7)12(17)16-14-15-10-3-2-8(13(18)19)5-11(10)21-14/h2-6H,1H3,(H,18,19)(H,15,16,17). The highest BCUT2D eigenvalue weighted by molar-refractivity contribution is 7.22. The molecule has 0 aliphatic carbocycles. The van der Waals surface area contributed by atoms with Crippen LogP contribution in [0.15, 0.2) is 34.9 Å². The van der Waals surface area contributed by atoms with Gasteiger partial charge in [0.25, 0.3) is 5.91 Å². The van der Waals surface area contributed by atoms with Gasteiger partial charge < -0.3 is 9.52 Å². The number of fused-ring (bicyclic) bond motifs is 1. The lowest BCUT2D eigenvalue weighted by Crippen LogP contribution is -2.10. The summed E-state index contributed by atoms with van der Waals surface area (Å²) in [5.74, 6) is -0.662. The van der Waals surface area contributed by atoms with Crippen molar-refractivity contribution in [2.75, 3.05) is 5.32 Å². The van der Waals surface area contributed by atoms with E-state index in [1.807, 2.05) is 0 Å². The summed E-state index contributed by atoms with van der Waals surface area (Å²) in [6, 6.07) is 6.26. The van der Waals surface area contributed by atoms with Crippen molar-refractivity contribution in [3.63, 3.8) is 0 Å². The molecule has 0 fully saturated rings. The lowest BCUT2D eigenvalue weighted by atomic mass is 10.2. The number of amides is 1. The molecule has 2 N–H and O–H groups in total. The molecule has 106 valence electrons. The van der Waals surface area contributed by atoms with E-state index < -0.39 is 5.97 Å². The summed E-state index contributed by atoms with van der Waals surface area (Å²) >= 11 is 1.22. The minimum absolute atomic E-state index is 0.189. The first-order valence-electron chi connectivity index (χ1n) is 6.03. The largest absolute Gasteiger partial charge is 0.478 e. The summed E-state index contributed by atoms with van der Waals surface area (Å²) in [5.41, 5.74) is 1.25. The molecule has 0 saturated heterocycles. The average Bonchev–Trinajstić information content (AvgIpc) is 3.03. The first-order chi connectivity index (χ1) is 10.0. The van der Waals surface area contributed by atoms with Crippen LogP contribution in [0.1, 0.15) is 26.5 Å². The van der Waals surface area contributed by atoms with Crippen LogP contribution in [0.5, 0.6) is 0 Å². The number of aromatic carboxylic acids is 1. The van der Waals surface area contributed by atoms with Crippen LogP contribution in [0.3, 0.4) is 0 Å². The molecule has 3 aromatic rings. The highest BCUT2D eigenvalue weighted by atomic mass is 32.1. The van der Waals surface area contributed by atoms with Crippen molar-refractivity contribution in [3.8, 4) is 0 Å². The van der Waals surface area contributed by atoms with Gasteiger partial charge in [0, 0.05) is 0 Å². The van der Waals surface area contributed by atoms with Crippen molar-refractivity contribution in [2.45, 2.75) is 6.92 Å². The Morgan fingerprint density at radius 1 is 1.29 bits per heavy atom. The minimum Gasteiger partial charge on any atom is -0.478 e. The third-order valence-electron chi connectivity index (χ3n) is 2.85. The summed E-state index contributed by atoms with van der Waals surface area (Å²) in [7, 11) is 0. The molecular formula is C14H10N2O4S. The summed E-state index contributed by atoms with van der Waals surface area (Å²) in [6.07, 6.45) is 1.38. The molecule has 2 aromatic heterocycles. The fraction of sp³-hybridized carbons (Fsp3) is 0.0714. The number of rotatable bonds is 3. The molecule has 2 heterocycles. The number of furan rings is 1. The molecule has 1 aromatic carbocycles. The van der Waals surface area contributed by atoms with E-state index in [1.54, 1.807) is 19.1 Å². The first kappa shape index (κ1) is 13.3. The fourth-order valence-corrected chi connectivity index (χ4v) is 2.74. The lowest BCUT2D eigenvalue weighted by Gasteiger charge is -1.96. The topological polar surface area (TPSA) is 92.4 Å². The number of nitrogens with one attached hydrogen (secondary N) is 1. The van der Waals surface area contributed by atoms with Crippen LogP contribution in [0.4, 0.5) is 5.13 Å². The van der Waals surface area contributed by atoms with Gasteiger partial charge in [-0.05, 0) is 31.2 Å². The zero-order valence-corrected chi connectivity index (χ0v) is 11.7. The molecule has 0 spiro atoms. The number of thiazole rings is 1. The van der Waals surface area contributed by atoms with Gasteiger partial charge in [-0.25, -0.2) is 9.78 Å². The highest BCUT2D eigenvalue weighted by Gasteiger charge is 2.13. The van der Waals surface area contributed by atoms with Crippen LogP contribution >= 0.6 is 11.3 Å². The third-order valence-corrected chi connectivity index (χ3v) is 3.78. The number of carboxylic acids is 1. The number of benzene rings is 1. The molecule has 0 unspecified atom stereocenters. The van der Waals surface area contributed by atoms with Crippen LogP contribution in [0, 0.1) is 6.92 Å². The van der Waals surface area contributed by atoms with Crippen molar-refractivity contribution in [1.29, 1.82) is 0 Å². The molecule has 0 atom stereocenters. The van der Waals surface area contributed by atoms with Gasteiger partial charge in [0.05, 0.1) is 21.3 Å². The summed E-state index contributed by atoms with van der Waals surface area (Å²) in [5, 5.41) is 12.0. The molecule has 0 saturated carbocycles. The van der Waals surface area contributed by atoms with Gasteiger partial charge in [0.15, 0.2) is 5.13 Å². The van der Waals surface area contributed by atoms with E-state index in [9.17, 15) is 9.59 Å². The average molecular weight is 302 g/mol.